The number of methoxy groups -OCH3 is 1. The first-order chi connectivity index (χ1) is 6.61. The monoisotopic (exact) mass is 236 g/mol. The van der Waals surface area contributed by atoms with E-state index in [2.05, 4.69) is 0 Å². The lowest BCUT2D eigenvalue weighted by Crippen LogP contribution is -2.03. The normalized spacial score (nSPS) is 10.0. The molecule has 0 aromatic heterocycles. The van der Waals surface area contributed by atoms with E-state index in [4.69, 9.17) is 27.9 Å². The van der Waals surface area contributed by atoms with Gasteiger partial charge in [-0.3, -0.25) is 4.79 Å². The second-order valence-electron chi connectivity index (χ2n) is 2.50. The quantitative estimate of drug-likeness (QED) is 0.596. The summed E-state index contributed by atoms with van der Waals surface area (Å²) in [6.45, 7) is 0. The van der Waals surface area contributed by atoms with Crippen molar-refractivity contribution in [3.63, 3.8) is 0 Å². The minimum Gasteiger partial charge on any atom is -0.492 e. The van der Waals surface area contributed by atoms with E-state index in [1.165, 1.54) is 13.2 Å². The molecule has 0 N–H and O–H groups in total. The van der Waals surface area contributed by atoms with Gasteiger partial charge in [-0.05, 0) is 12.1 Å². The lowest BCUT2D eigenvalue weighted by Gasteiger charge is -2.07. The van der Waals surface area contributed by atoms with E-state index in [1.54, 1.807) is 0 Å². The average molecular weight is 237 g/mol. The van der Waals surface area contributed by atoms with Crippen LogP contribution < -0.4 is 4.74 Å². The second-order valence-corrected chi connectivity index (χ2v) is 3.14. The molecule has 14 heavy (non-hydrogen) atoms. The Morgan fingerprint density at radius 2 is 2.21 bits per heavy atom. The molecule has 0 heterocycles. The maximum atomic E-state index is 13.0. The van der Waals surface area contributed by atoms with Gasteiger partial charge in [-0.25, -0.2) is 4.39 Å². The third kappa shape index (κ3) is 1.99. The van der Waals surface area contributed by atoms with Gasteiger partial charge >= 0.3 is 0 Å². The third-order valence-corrected chi connectivity index (χ3v) is 2.29. The summed E-state index contributed by atoms with van der Waals surface area (Å²) in [5, 5.41) is -0.0434. The van der Waals surface area contributed by atoms with E-state index >= 15 is 0 Å². The summed E-state index contributed by atoms with van der Waals surface area (Å²) in [7, 11) is 1.28. The molecule has 1 aromatic rings. The average Bonchev–Trinajstić information content (AvgIpc) is 2.18. The van der Waals surface area contributed by atoms with Gasteiger partial charge in [-0.2, -0.15) is 0 Å². The van der Waals surface area contributed by atoms with E-state index in [0.717, 1.165) is 6.07 Å². The largest absolute Gasteiger partial charge is 0.492 e. The van der Waals surface area contributed by atoms with Crippen molar-refractivity contribution in [2.45, 2.75) is 0 Å². The summed E-state index contributed by atoms with van der Waals surface area (Å²) in [5.74, 6) is -1.31. The van der Waals surface area contributed by atoms with Crippen LogP contribution >= 0.6 is 23.2 Å². The number of ketones is 1. The highest BCUT2D eigenvalue weighted by molar-refractivity contribution is 6.38. The van der Waals surface area contributed by atoms with E-state index < -0.39 is 5.82 Å². The molecule has 0 saturated carbocycles. The van der Waals surface area contributed by atoms with Crippen LogP contribution in [0.25, 0.3) is 0 Å². The number of ether oxygens (including phenoxy) is 1. The molecule has 0 bridgehead atoms. The molecule has 0 atom stereocenters. The van der Waals surface area contributed by atoms with Crippen molar-refractivity contribution in [2.24, 2.45) is 0 Å². The summed E-state index contributed by atoms with van der Waals surface area (Å²) in [6, 6.07) is 2.40. The molecule has 0 spiro atoms. The summed E-state index contributed by atoms with van der Waals surface area (Å²) >= 11 is 11.1. The Labute approximate surface area is 90.6 Å². The van der Waals surface area contributed by atoms with Crippen molar-refractivity contribution in [3.8, 4) is 5.75 Å². The zero-order valence-corrected chi connectivity index (χ0v) is 8.82. The van der Waals surface area contributed by atoms with Crippen molar-refractivity contribution in [2.75, 3.05) is 13.0 Å². The van der Waals surface area contributed by atoms with Crippen LogP contribution in [0.15, 0.2) is 12.1 Å². The van der Waals surface area contributed by atoms with Crippen LogP contribution in [0, 0.1) is 5.82 Å². The maximum Gasteiger partial charge on any atom is 0.179 e. The van der Waals surface area contributed by atoms with E-state index in [9.17, 15) is 9.18 Å². The fourth-order valence-corrected chi connectivity index (χ4v) is 1.49. The number of alkyl halides is 1. The zero-order valence-electron chi connectivity index (χ0n) is 7.31. The number of Topliss-reactive ketones (excluding diaryl/α,β-unsaturated/α-hetero) is 1. The Hall–Kier alpha value is -0.800. The van der Waals surface area contributed by atoms with Crippen LogP contribution in [-0.2, 0) is 0 Å². The first-order valence-electron chi connectivity index (χ1n) is 3.73. The lowest BCUT2D eigenvalue weighted by atomic mass is 10.1. The Kier molecular flexibility index (Phi) is 3.72. The standard InChI is InChI=1S/C9H7Cl2FO2/c1-14-9-6(12)3-2-5(8(9)11)7(13)4-10/h2-3H,4H2,1H3. The Morgan fingerprint density at radius 3 is 2.71 bits per heavy atom. The Balaban J connectivity index is 3.28. The minimum absolute atomic E-state index is 0.0434. The molecule has 2 nitrogen and oxygen atoms in total. The van der Waals surface area contributed by atoms with Crippen LogP contribution in [0.3, 0.4) is 0 Å². The van der Waals surface area contributed by atoms with Crippen molar-refractivity contribution in [1.82, 2.24) is 0 Å². The molecule has 5 heteroatoms. The Bertz CT molecular complexity index is 366. The molecule has 76 valence electrons. The highest BCUT2D eigenvalue weighted by Gasteiger charge is 2.16. The summed E-state index contributed by atoms with van der Waals surface area (Å²) in [4.78, 5) is 11.2. The van der Waals surface area contributed by atoms with E-state index in [1.807, 2.05) is 0 Å². The topological polar surface area (TPSA) is 26.3 Å². The molecule has 0 radical (unpaired) electrons. The minimum atomic E-state index is -0.608. The number of benzene rings is 1. The molecule has 1 aromatic carbocycles. The number of carbonyl (C=O) groups is 1. The number of hydrogen-bond donors (Lipinski definition) is 0. The maximum absolute atomic E-state index is 13.0. The lowest BCUT2D eigenvalue weighted by molar-refractivity contribution is 0.102. The first kappa shape index (κ1) is 11.3. The van der Waals surface area contributed by atoms with Gasteiger partial charge in [0.1, 0.15) is 0 Å². The highest BCUT2D eigenvalue weighted by atomic mass is 35.5. The van der Waals surface area contributed by atoms with Crippen molar-refractivity contribution in [3.05, 3.63) is 28.5 Å². The molecule has 0 saturated heterocycles. The van der Waals surface area contributed by atoms with Crippen LogP contribution in [0.2, 0.25) is 5.02 Å². The number of carbonyl (C=O) groups excluding carboxylic acids is 1. The van der Waals surface area contributed by atoms with Gasteiger partial charge in [0.25, 0.3) is 0 Å². The van der Waals surface area contributed by atoms with Crippen LogP contribution in [-0.4, -0.2) is 18.8 Å². The number of halogens is 3. The highest BCUT2D eigenvalue weighted by Crippen LogP contribution is 2.31. The van der Waals surface area contributed by atoms with Gasteiger partial charge in [0.05, 0.1) is 18.0 Å². The zero-order chi connectivity index (χ0) is 10.7. The molecular formula is C9H7Cl2FO2. The fourth-order valence-electron chi connectivity index (χ4n) is 1.01. The van der Waals surface area contributed by atoms with Crippen LogP contribution in [0.1, 0.15) is 10.4 Å². The summed E-state index contributed by atoms with van der Waals surface area (Å²) < 4.78 is 17.8. The smallest absolute Gasteiger partial charge is 0.179 e. The van der Waals surface area contributed by atoms with Crippen LogP contribution in [0.5, 0.6) is 5.75 Å². The molecule has 0 aliphatic heterocycles. The Morgan fingerprint density at radius 1 is 1.57 bits per heavy atom. The third-order valence-electron chi connectivity index (χ3n) is 1.67. The first-order valence-corrected chi connectivity index (χ1v) is 4.64. The fraction of sp³-hybridized carbons (Fsp3) is 0.222. The predicted octanol–water partition coefficient (Wildman–Crippen LogP) is 2.91. The molecule has 1 rings (SSSR count). The van der Waals surface area contributed by atoms with Crippen molar-refractivity contribution < 1.29 is 13.9 Å². The number of hydrogen-bond acceptors (Lipinski definition) is 2. The molecule has 0 amide bonds. The van der Waals surface area contributed by atoms with Gasteiger partial charge in [0.2, 0.25) is 0 Å². The van der Waals surface area contributed by atoms with E-state index in [-0.39, 0.29) is 28.0 Å². The summed E-state index contributed by atoms with van der Waals surface area (Å²) in [5.41, 5.74) is 0.167. The van der Waals surface area contributed by atoms with Crippen LogP contribution in [0.4, 0.5) is 4.39 Å². The van der Waals surface area contributed by atoms with Crippen molar-refractivity contribution in [1.29, 1.82) is 0 Å². The second kappa shape index (κ2) is 4.62. The van der Waals surface area contributed by atoms with E-state index in [0.29, 0.717) is 0 Å². The molecule has 0 unspecified atom stereocenters. The van der Waals surface area contributed by atoms with Gasteiger partial charge in [-0.1, -0.05) is 11.6 Å². The van der Waals surface area contributed by atoms with Gasteiger partial charge < -0.3 is 4.74 Å². The number of rotatable bonds is 3. The van der Waals surface area contributed by atoms with Gasteiger partial charge in [-0.15, -0.1) is 11.6 Å². The van der Waals surface area contributed by atoms with Gasteiger partial charge in [0.15, 0.2) is 17.3 Å². The molecular weight excluding hydrogens is 230 g/mol. The molecule has 0 fully saturated rings. The molecule has 0 aliphatic carbocycles. The SMILES string of the molecule is COc1c(F)ccc(C(=O)CCl)c1Cl. The van der Waals surface area contributed by atoms with Crippen molar-refractivity contribution >= 4 is 29.0 Å². The predicted molar refractivity (Wildman–Crippen MR) is 53.0 cm³/mol. The molecule has 0 aliphatic rings. The summed E-state index contributed by atoms with van der Waals surface area (Å²) in [6.07, 6.45) is 0. The van der Waals surface area contributed by atoms with Gasteiger partial charge in [0, 0.05) is 5.56 Å².